The number of benzene rings is 3. The number of hydrogen-bond donors (Lipinski definition) is 0. The molecule has 1 aliphatic carbocycles. The number of Topliss-reactive ketones (excluding diaryl/α,β-unsaturated/α-hetero) is 1. The van der Waals surface area contributed by atoms with Crippen LogP contribution in [-0.4, -0.2) is 17.3 Å². The number of hydrogen-bond acceptors (Lipinski definition) is 3. The average molecular weight is 445 g/mol. The zero-order valence-electron chi connectivity index (χ0n) is 18.6. The van der Waals surface area contributed by atoms with Crippen LogP contribution in [0.25, 0.3) is 16.3 Å². The summed E-state index contributed by atoms with van der Waals surface area (Å²) in [7, 11) is 0. The number of fused-ring (bicyclic) bond motifs is 1. The van der Waals surface area contributed by atoms with Gasteiger partial charge >= 0.3 is 0 Å². The van der Waals surface area contributed by atoms with Gasteiger partial charge in [-0.2, -0.15) is 0 Å². The first-order valence-electron chi connectivity index (χ1n) is 10.8. The van der Waals surface area contributed by atoms with Gasteiger partial charge in [0.1, 0.15) is 0 Å². The van der Waals surface area contributed by atoms with Gasteiger partial charge in [-0.15, -0.1) is 23.5 Å². The molecule has 0 saturated heterocycles. The predicted molar refractivity (Wildman–Crippen MR) is 139 cm³/mol. The van der Waals surface area contributed by atoms with E-state index < -0.39 is 0 Å². The Hall–Kier alpha value is -2.23. The van der Waals surface area contributed by atoms with Crippen LogP contribution in [0.2, 0.25) is 0 Å². The smallest absolute Gasteiger partial charge is 0.161 e. The molecular weight excluding hydrogens is 416 g/mol. The van der Waals surface area contributed by atoms with Gasteiger partial charge in [0.15, 0.2) is 5.78 Å². The van der Waals surface area contributed by atoms with Crippen molar-refractivity contribution in [3.63, 3.8) is 0 Å². The van der Waals surface area contributed by atoms with Gasteiger partial charge in [0.25, 0.3) is 0 Å². The van der Waals surface area contributed by atoms with Crippen LogP contribution in [0, 0.1) is 0 Å². The zero-order chi connectivity index (χ0) is 22.0. The molecule has 0 spiro atoms. The lowest BCUT2D eigenvalue weighted by Gasteiger charge is -2.32. The van der Waals surface area contributed by atoms with E-state index in [0.29, 0.717) is 0 Å². The Balaban J connectivity index is 2.07. The summed E-state index contributed by atoms with van der Waals surface area (Å²) >= 11 is 3.68. The van der Waals surface area contributed by atoms with Crippen molar-refractivity contribution in [3.8, 4) is 0 Å². The van der Waals surface area contributed by atoms with E-state index in [4.69, 9.17) is 0 Å². The number of carbonyl (C=O) groups is 1. The van der Waals surface area contributed by atoms with Crippen molar-refractivity contribution in [2.45, 2.75) is 33.1 Å². The van der Waals surface area contributed by atoms with E-state index in [0.717, 1.165) is 28.2 Å². The summed E-state index contributed by atoms with van der Waals surface area (Å²) in [6.45, 7) is 8.38. The van der Waals surface area contributed by atoms with Gasteiger partial charge in [-0.05, 0) is 53.3 Å². The van der Waals surface area contributed by atoms with E-state index in [2.05, 4.69) is 93.6 Å². The molecule has 1 unspecified atom stereocenters. The summed E-state index contributed by atoms with van der Waals surface area (Å²) in [6.07, 6.45) is 0. The summed E-state index contributed by atoms with van der Waals surface area (Å²) in [5.74, 6) is 2.04. The molecule has 0 fully saturated rings. The number of rotatable bonds is 7. The first kappa shape index (κ1) is 22.0. The van der Waals surface area contributed by atoms with Gasteiger partial charge in [-0.3, -0.25) is 4.79 Å². The maximum Gasteiger partial charge on any atom is 0.161 e. The minimum absolute atomic E-state index is 0.146. The number of allylic oxidation sites excluding steroid dienone is 4. The molecule has 1 nitrogen and oxygen atoms in total. The van der Waals surface area contributed by atoms with Gasteiger partial charge in [-0.1, -0.05) is 80.6 Å². The molecule has 3 aromatic carbocycles. The van der Waals surface area contributed by atoms with Gasteiger partial charge in [0.05, 0.1) is 5.41 Å². The third-order valence-electron chi connectivity index (χ3n) is 5.93. The Kier molecular flexibility index (Phi) is 6.45. The quantitative estimate of drug-likeness (QED) is 0.369. The molecule has 0 heterocycles. The fraction of sp³-hybridized carbons (Fsp3) is 0.250. The molecule has 0 bridgehead atoms. The summed E-state index contributed by atoms with van der Waals surface area (Å²) in [6, 6.07) is 25.7. The summed E-state index contributed by atoms with van der Waals surface area (Å²) in [5, 5.41) is 2.42. The SMILES string of the molecule is CCSC1=C(C(C)=O)C(c2ccc3ccccc3c2)=C(SCC)C1(C)c1ccccc1. The maximum atomic E-state index is 13.1. The van der Waals surface area contributed by atoms with Crippen LogP contribution < -0.4 is 0 Å². The maximum absolute atomic E-state index is 13.1. The fourth-order valence-corrected chi connectivity index (χ4v) is 6.96. The fourth-order valence-electron chi connectivity index (χ4n) is 4.54. The second kappa shape index (κ2) is 9.10. The number of ketones is 1. The minimum Gasteiger partial charge on any atom is -0.294 e. The van der Waals surface area contributed by atoms with E-state index >= 15 is 0 Å². The van der Waals surface area contributed by atoms with E-state index in [1.54, 1.807) is 6.92 Å². The van der Waals surface area contributed by atoms with Crippen LogP contribution in [0.4, 0.5) is 0 Å². The Labute approximate surface area is 194 Å². The van der Waals surface area contributed by atoms with Gasteiger partial charge in [-0.25, -0.2) is 0 Å². The van der Waals surface area contributed by atoms with Gasteiger partial charge in [0.2, 0.25) is 0 Å². The second-order valence-electron chi connectivity index (χ2n) is 7.88. The molecule has 3 heteroatoms. The molecule has 1 atom stereocenters. The lowest BCUT2D eigenvalue weighted by atomic mass is 9.83. The molecular formula is C28H28OS2. The Bertz CT molecular complexity index is 1190. The van der Waals surface area contributed by atoms with Crippen LogP contribution >= 0.6 is 23.5 Å². The van der Waals surface area contributed by atoms with Crippen molar-refractivity contribution in [1.29, 1.82) is 0 Å². The summed E-state index contributed by atoms with van der Waals surface area (Å²) < 4.78 is 0. The first-order valence-corrected chi connectivity index (χ1v) is 12.8. The standard InChI is InChI=1S/C28H28OS2/c1-5-30-26-24(19(3)29)25(22-17-16-20-12-10-11-13-21(20)18-22)27(31-6-2)28(26,4)23-14-8-7-9-15-23/h7-18H,5-6H2,1-4H3. The molecule has 158 valence electrons. The molecule has 0 saturated carbocycles. The van der Waals surface area contributed by atoms with Crippen LogP contribution in [-0.2, 0) is 10.2 Å². The predicted octanol–water partition coefficient (Wildman–Crippen LogP) is 7.87. The Morgan fingerprint density at radius 1 is 0.806 bits per heavy atom. The van der Waals surface area contributed by atoms with Crippen molar-refractivity contribution in [2.75, 3.05) is 11.5 Å². The molecule has 0 amide bonds. The monoisotopic (exact) mass is 444 g/mol. The topological polar surface area (TPSA) is 17.1 Å². The minimum atomic E-state index is -0.315. The molecule has 0 aliphatic heterocycles. The van der Waals surface area contributed by atoms with Crippen LogP contribution in [0.5, 0.6) is 0 Å². The summed E-state index contributed by atoms with van der Waals surface area (Å²) in [5.41, 5.74) is 4.08. The molecule has 3 aromatic rings. The van der Waals surface area contributed by atoms with Crippen LogP contribution in [0.1, 0.15) is 38.8 Å². The number of carbonyl (C=O) groups excluding carboxylic acids is 1. The molecule has 0 radical (unpaired) electrons. The van der Waals surface area contributed by atoms with Crippen LogP contribution in [0.3, 0.4) is 0 Å². The molecule has 0 N–H and O–H groups in total. The van der Waals surface area contributed by atoms with E-state index in [1.807, 2.05) is 23.5 Å². The third-order valence-corrected chi connectivity index (χ3v) is 8.31. The van der Waals surface area contributed by atoms with E-state index in [-0.39, 0.29) is 11.2 Å². The highest BCUT2D eigenvalue weighted by atomic mass is 32.2. The molecule has 0 aromatic heterocycles. The lowest BCUT2D eigenvalue weighted by molar-refractivity contribution is -0.113. The normalized spacial score (nSPS) is 18.8. The second-order valence-corrected chi connectivity index (χ2v) is 10.4. The third kappa shape index (κ3) is 3.79. The highest BCUT2D eigenvalue weighted by molar-refractivity contribution is 8.04. The Morgan fingerprint density at radius 2 is 1.42 bits per heavy atom. The van der Waals surface area contributed by atoms with E-state index in [9.17, 15) is 4.79 Å². The first-order chi connectivity index (χ1) is 15.0. The van der Waals surface area contributed by atoms with Crippen molar-refractivity contribution in [2.24, 2.45) is 0 Å². The zero-order valence-corrected chi connectivity index (χ0v) is 20.2. The highest BCUT2D eigenvalue weighted by Crippen LogP contribution is 2.59. The van der Waals surface area contributed by atoms with E-state index in [1.165, 1.54) is 26.1 Å². The molecule has 4 rings (SSSR count). The average Bonchev–Trinajstić information content (AvgIpc) is 3.04. The lowest BCUT2D eigenvalue weighted by Crippen LogP contribution is -2.23. The Morgan fingerprint density at radius 3 is 2.06 bits per heavy atom. The van der Waals surface area contributed by atoms with Crippen molar-refractivity contribution in [3.05, 3.63) is 99.3 Å². The summed E-state index contributed by atoms with van der Waals surface area (Å²) in [4.78, 5) is 15.6. The number of thioether (sulfide) groups is 2. The van der Waals surface area contributed by atoms with Crippen molar-refractivity contribution >= 4 is 45.7 Å². The van der Waals surface area contributed by atoms with Crippen molar-refractivity contribution in [1.82, 2.24) is 0 Å². The molecule has 31 heavy (non-hydrogen) atoms. The molecule has 1 aliphatic rings. The van der Waals surface area contributed by atoms with Crippen molar-refractivity contribution < 1.29 is 4.79 Å². The largest absolute Gasteiger partial charge is 0.294 e. The van der Waals surface area contributed by atoms with Crippen LogP contribution in [0.15, 0.2) is 88.2 Å². The highest BCUT2D eigenvalue weighted by Gasteiger charge is 2.46. The van der Waals surface area contributed by atoms with Gasteiger partial charge in [0, 0.05) is 21.0 Å². The van der Waals surface area contributed by atoms with Gasteiger partial charge < -0.3 is 0 Å².